The molecule has 0 saturated carbocycles. The number of carbonyl (C=O) groups is 1. The van der Waals surface area contributed by atoms with Gasteiger partial charge < -0.3 is 10.5 Å². The van der Waals surface area contributed by atoms with Crippen LogP contribution < -0.4 is 10.5 Å². The molecule has 0 fully saturated rings. The van der Waals surface area contributed by atoms with Crippen LogP contribution in [0.4, 0.5) is 4.39 Å². The lowest BCUT2D eigenvalue weighted by atomic mass is 10.2. The summed E-state index contributed by atoms with van der Waals surface area (Å²) in [7, 11) is 0. The molecule has 0 radical (unpaired) electrons. The van der Waals surface area contributed by atoms with Crippen LogP contribution in [0, 0.1) is 17.1 Å². The van der Waals surface area contributed by atoms with Gasteiger partial charge in [0.05, 0.1) is 11.1 Å². The maximum absolute atomic E-state index is 13.4. The van der Waals surface area contributed by atoms with Crippen LogP contribution in [0.5, 0.6) is 11.6 Å². The van der Waals surface area contributed by atoms with Crippen molar-refractivity contribution in [2.24, 2.45) is 5.73 Å². The summed E-state index contributed by atoms with van der Waals surface area (Å²) >= 11 is 5.88. The third kappa shape index (κ3) is 2.84. The SMILES string of the molecule is N#Cc1ccc(Oc2ncc(C(N)=O)cc2Cl)cc1F. The average molecular weight is 292 g/mol. The summed E-state index contributed by atoms with van der Waals surface area (Å²) in [5, 5.41) is 8.68. The van der Waals surface area contributed by atoms with E-state index in [4.69, 9.17) is 27.3 Å². The molecule has 20 heavy (non-hydrogen) atoms. The number of halogens is 2. The van der Waals surface area contributed by atoms with Gasteiger partial charge in [0, 0.05) is 12.3 Å². The molecule has 0 atom stereocenters. The van der Waals surface area contributed by atoms with Gasteiger partial charge in [-0.25, -0.2) is 9.37 Å². The van der Waals surface area contributed by atoms with E-state index in [1.807, 2.05) is 0 Å². The Bertz CT molecular complexity index is 728. The van der Waals surface area contributed by atoms with Crippen molar-refractivity contribution in [3.05, 3.63) is 52.4 Å². The number of nitriles is 1. The molecule has 0 spiro atoms. The Morgan fingerprint density at radius 2 is 2.20 bits per heavy atom. The van der Waals surface area contributed by atoms with Crippen molar-refractivity contribution in [2.75, 3.05) is 0 Å². The number of amides is 1. The number of nitrogens with zero attached hydrogens (tertiary/aromatic N) is 2. The van der Waals surface area contributed by atoms with E-state index >= 15 is 0 Å². The zero-order valence-electron chi connectivity index (χ0n) is 9.93. The van der Waals surface area contributed by atoms with Gasteiger partial charge in [-0.3, -0.25) is 4.79 Å². The Kier molecular flexibility index (Phi) is 3.82. The van der Waals surface area contributed by atoms with E-state index in [0.717, 1.165) is 6.07 Å². The minimum atomic E-state index is -0.713. The third-order valence-electron chi connectivity index (χ3n) is 2.37. The highest BCUT2D eigenvalue weighted by molar-refractivity contribution is 6.32. The third-order valence-corrected chi connectivity index (χ3v) is 2.64. The zero-order valence-corrected chi connectivity index (χ0v) is 10.7. The van der Waals surface area contributed by atoms with Gasteiger partial charge in [-0.05, 0) is 18.2 Å². The van der Waals surface area contributed by atoms with Gasteiger partial charge in [0.2, 0.25) is 11.8 Å². The van der Waals surface area contributed by atoms with Crippen LogP contribution in [0.1, 0.15) is 15.9 Å². The minimum absolute atomic E-state index is 0.000717. The summed E-state index contributed by atoms with van der Waals surface area (Å²) in [6, 6.07) is 6.71. The van der Waals surface area contributed by atoms with Gasteiger partial charge in [0.25, 0.3) is 0 Å². The number of pyridine rings is 1. The van der Waals surface area contributed by atoms with E-state index in [0.29, 0.717) is 0 Å². The summed E-state index contributed by atoms with van der Waals surface area (Å²) in [5.74, 6) is -1.26. The fourth-order valence-corrected chi connectivity index (χ4v) is 1.60. The van der Waals surface area contributed by atoms with Crippen LogP contribution in [0.25, 0.3) is 0 Å². The van der Waals surface area contributed by atoms with Gasteiger partial charge in [-0.2, -0.15) is 5.26 Å². The Morgan fingerprint density at radius 1 is 1.45 bits per heavy atom. The molecule has 1 amide bonds. The van der Waals surface area contributed by atoms with E-state index < -0.39 is 11.7 Å². The maximum Gasteiger partial charge on any atom is 0.250 e. The number of carbonyl (C=O) groups excluding carboxylic acids is 1. The molecule has 0 bridgehead atoms. The number of primary amides is 1. The lowest BCUT2D eigenvalue weighted by Crippen LogP contribution is -2.11. The first-order chi connectivity index (χ1) is 9.51. The number of nitrogens with two attached hydrogens (primary N) is 1. The molecule has 0 aliphatic heterocycles. The highest BCUT2D eigenvalue weighted by Crippen LogP contribution is 2.28. The van der Waals surface area contributed by atoms with Crippen molar-refractivity contribution >= 4 is 17.5 Å². The van der Waals surface area contributed by atoms with Gasteiger partial charge in [-0.15, -0.1) is 0 Å². The predicted molar refractivity (Wildman–Crippen MR) is 69.0 cm³/mol. The lowest BCUT2D eigenvalue weighted by Gasteiger charge is -2.07. The van der Waals surface area contributed by atoms with E-state index in [9.17, 15) is 9.18 Å². The van der Waals surface area contributed by atoms with Crippen molar-refractivity contribution in [1.82, 2.24) is 4.98 Å². The number of benzene rings is 1. The molecule has 1 aromatic carbocycles. The van der Waals surface area contributed by atoms with Crippen LogP contribution in [0.2, 0.25) is 5.02 Å². The number of hydrogen-bond acceptors (Lipinski definition) is 4. The van der Waals surface area contributed by atoms with E-state index in [1.54, 1.807) is 6.07 Å². The molecule has 5 nitrogen and oxygen atoms in total. The highest BCUT2D eigenvalue weighted by Gasteiger charge is 2.10. The van der Waals surface area contributed by atoms with Gasteiger partial charge >= 0.3 is 0 Å². The minimum Gasteiger partial charge on any atom is -0.437 e. The molecule has 2 rings (SSSR count). The molecule has 7 heteroatoms. The van der Waals surface area contributed by atoms with Crippen LogP contribution in [0.3, 0.4) is 0 Å². The zero-order chi connectivity index (χ0) is 14.7. The van der Waals surface area contributed by atoms with Crippen LogP contribution >= 0.6 is 11.6 Å². The van der Waals surface area contributed by atoms with E-state index in [1.165, 1.54) is 24.4 Å². The lowest BCUT2D eigenvalue weighted by molar-refractivity contribution is 0.1000. The fourth-order valence-electron chi connectivity index (χ4n) is 1.40. The van der Waals surface area contributed by atoms with Crippen LogP contribution in [-0.4, -0.2) is 10.9 Å². The standard InChI is InChI=1S/C13H7ClFN3O2/c14-10-3-8(12(17)19)6-18-13(10)20-9-2-1-7(5-16)11(15)4-9/h1-4,6H,(H2,17,19). The molecular weight excluding hydrogens is 285 g/mol. The number of rotatable bonds is 3. The Morgan fingerprint density at radius 3 is 2.75 bits per heavy atom. The first-order valence-corrected chi connectivity index (χ1v) is 5.72. The Balaban J connectivity index is 2.29. The van der Waals surface area contributed by atoms with Gasteiger partial charge in [0.15, 0.2) is 0 Å². The maximum atomic E-state index is 13.4. The summed E-state index contributed by atoms with van der Waals surface area (Å²) in [4.78, 5) is 14.8. The molecule has 100 valence electrons. The van der Waals surface area contributed by atoms with Crippen molar-refractivity contribution in [2.45, 2.75) is 0 Å². The molecule has 0 aliphatic rings. The Hall–Kier alpha value is -2.65. The fraction of sp³-hybridized carbons (Fsp3) is 0. The smallest absolute Gasteiger partial charge is 0.250 e. The van der Waals surface area contributed by atoms with Crippen molar-refractivity contribution < 1.29 is 13.9 Å². The molecule has 0 aliphatic carbocycles. The molecule has 1 aromatic heterocycles. The van der Waals surface area contributed by atoms with E-state index in [-0.39, 0.29) is 27.8 Å². The molecule has 1 heterocycles. The topological polar surface area (TPSA) is 89.0 Å². The second-order valence-electron chi connectivity index (χ2n) is 3.73. The molecule has 2 aromatic rings. The number of ether oxygens (including phenoxy) is 1. The summed E-state index contributed by atoms with van der Waals surface area (Å²) in [6.07, 6.45) is 1.20. The quantitative estimate of drug-likeness (QED) is 0.941. The van der Waals surface area contributed by atoms with Crippen molar-refractivity contribution in [3.8, 4) is 17.7 Å². The summed E-state index contributed by atoms with van der Waals surface area (Å²) < 4.78 is 18.7. The largest absolute Gasteiger partial charge is 0.437 e. The summed E-state index contributed by atoms with van der Waals surface area (Å²) in [5.41, 5.74) is 5.11. The summed E-state index contributed by atoms with van der Waals surface area (Å²) in [6.45, 7) is 0. The second-order valence-corrected chi connectivity index (χ2v) is 4.14. The van der Waals surface area contributed by atoms with Gasteiger partial charge in [0.1, 0.15) is 22.7 Å². The first kappa shape index (κ1) is 13.8. The average Bonchev–Trinajstić information content (AvgIpc) is 2.41. The highest BCUT2D eigenvalue weighted by atomic mass is 35.5. The van der Waals surface area contributed by atoms with Gasteiger partial charge in [-0.1, -0.05) is 11.6 Å². The first-order valence-electron chi connectivity index (χ1n) is 5.34. The van der Waals surface area contributed by atoms with Crippen LogP contribution in [0.15, 0.2) is 30.5 Å². The van der Waals surface area contributed by atoms with Crippen LogP contribution in [-0.2, 0) is 0 Å². The van der Waals surface area contributed by atoms with Crippen molar-refractivity contribution in [1.29, 1.82) is 5.26 Å². The Labute approximate surface area is 118 Å². The molecular formula is C13H7ClFN3O2. The normalized spacial score (nSPS) is 9.85. The van der Waals surface area contributed by atoms with Crippen molar-refractivity contribution in [3.63, 3.8) is 0 Å². The second kappa shape index (κ2) is 5.55. The number of aromatic nitrogens is 1. The van der Waals surface area contributed by atoms with E-state index in [2.05, 4.69) is 4.98 Å². The molecule has 0 saturated heterocycles. The monoisotopic (exact) mass is 291 g/mol. The predicted octanol–water partition coefficient (Wildman–Crippen LogP) is 2.64. The number of hydrogen-bond donors (Lipinski definition) is 1. The molecule has 2 N–H and O–H groups in total. The molecule has 0 unspecified atom stereocenters.